The van der Waals surface area contributed by atoms with Crippen LogP contribution in [-0.4, -0.2) is 48.4 Å². The minimum atomic E-state index is -0.516. The van der Waals surface area contributed by atoms with Crippen molar-refractivity contribution >= 4 is 11.8 Å². The first-order chi connectivity index (χ1) is 13.0. The van der Waals surface area contributed by atoms with Crippen molar-refractivity contribution in [3.8, 4) is 5.75 Å². The zero-order valence-corrected chi connectivity index (χ0v) is 15.9. The van der Waals surface area contributed by atoms with E-state index < -0.39 is 5.41 Å². The van der Waals surface area contributed by atoms with Crippen molar-refractivity contribution in [1.82, 2.24) is 9.80 Å². The maximum atomic E-state index is 14.2. The van der Waals surface area contributed by atoms with Crippen LogP contribution >= 0.6 is 0 Å². The highest BCUT2D eigenvalue weighted by atomic mass is 19.1. The van der Waals surface area contributed by atoms with Gasteiger partial charge in [0.15, 0.2) is 0 Å². The molecule has 5 nitrogen and oxygen atoms in total. The molecular formula is C21H27FN2O3. The van der Waals surface area contributed by atoms with Crippen molar-refractivity contribution in [1.29, 1.82) is 0 Å². The molecule has 0 aliphatic carbocycles. The highest BCUT2D eigenvalue weighted by Crippen LogP contribution is 2.41. The lowest BCUT2D eigenvalue weighted by Gasteiger charge is -2.39. The topological polar surface area (TPSA) is 49.9 Å². The molecule has 2 saturated heterocycles. The van der Waals surface area contributed by atoms with Gasteiger partial charge in [-0.3, -0.25) is 9.59 Å². The van der Waals surface area contributed by atoms with E-state index in [9.17, 15) is 14.0 Å². The lowest BCUT2D eigenvalue weighted by Crippen LogP contribution is -2.50. The third kappa shape index (κ3) is 3.99. The molecule has 146 valence electrons. The number of benzene rings is 1. The Bertz CT molecular complexity index is 736. The van der Waals surface area contributed by atoms with E-state index >= 15 is 0 Å². The maximum Gasteiger partial charge on any atom is 0.230 e. The van der Waals surface area contributed by atoms with Crippen LogP contribution in [0.5, 0.6) is 5.75 Å². The fourth-order valence-corrected chi connectivity index (χ4v) is 4.16. The number of carbonyl (C=O) groups is 2. The zero-order chi connectivity index (χ0) is 19.4. The number of piperidine rings is 1. The Morgan fingerprint density at radius 3 is 2.93 bits per heavy atom. The molecule has 2 aliphatic heterocycles. The Balaban J connectivity index is 1.71. The van der Waals surface area contributed by atoms with E-state index in [1.54, 1.807) is 28.0 Å². The van der Waals surface area contributed by atoms with Crippen LogP contribution in [0.1, 0.15) is 37.7 Å². The average Bonchev–Trinajstić information content (AvgIpc) is 3.10. The number of ether oxygens (including phenoxy) is 1. The largest absolute Gasteiger partial charge is 0.497 e. The summed E-state index contributed by atoms with van der Waals surface area (Å²) >= 11 is 0. The van der Waals surface area contributed by atoms with Gasteiger partial charge in [-0.25, -0.2) is 4.39 Å². The number of nitrogens with zero attached hydrogens (tertiary/aromatic N) is 2. The normalized spacial score (nSPS) is 22.4. The van der Waals surface area contributed by atoms with Crippen LogP contribution in [0.25, 0.3) is 0 Å². The first-order valence-electron chi connectivity index (χ1n) is 9.49. The molecular weight excluding hydrogens is 347 g/mol. The van der Waals surface area contributed by atoms with E-state index in [-0.39, 0.29) is 24.2 Å². The van der Waals surface area contributed by atoms with Crippen molar-refractivity contribution in [2.75, 3.05) is 26.7 Å². The predicted molar refractivity (Wildman–Crippen MR) is 101 cm³/mol. The monoisotopic (exact) mass is 374 g/mol. The second kappa shape index (κ2) is 8.11. The molecule has 1 aromatic carbocycles. The Labute approximate surface area is 159 Å². The molecule has 0 N–H and O–H groups in total. The molecule has 0 radical (unpaired) electrons. The molecule has 2 amide bonds. The predicted octanol–water partition coefficient (Wildman–Crippen LogP) is 3.14. The molecule has 1 spiro atoms. The van der Waals surface area contributed by atoms with Gasteiger partial charge in [0.05, 0.1) is 12.5 Å². The lowest BCUT2D eigenvalue weighted by molar-refractivity contribution is -0.146. The molecule has 3 rings (SSSR count). The third-order valence-corrected chi connectivity index (χ3v) is 5.71. The standard InChI is InChI=1S/C21H27FN2O3/c1-3-4-6-19(25)24-12-10-21(15-24)9-5-11-23(20(21)26)14-16-13-17(27-2)7-8-18(16)22/h3,7-8,13H,1,4-6,9-12,14-15H2,2H3/t21-/m1/s1. The number of halogens is 1. The van der Waals surface area contributed by atoms with Gasteiger partial charge in [-0.1, -0.05) is 6.08 Å². The number of allylic oxidation sites excluding steroid dienone is 1. The molecule has 2 fully saturated rings. The second-order valence-corrected chi connectivity index (χ2v) is 7.46. The van der Waals surface area contributed by atoms with Crippen molar-refractivity contribution in [3.63, 3.8) is 0 Å². The summed E-state index contributed by atoms with van der Waals surface area (Å²) in [6.45, 7) is 5.58. The molecule has 0 aromatic heterocycles. The van der Waals surface area contributed by atoms with Gasteiger partial charge in [0.2, 0.25) is 11.8 Å². The third-order valence-electron chi connectivity index (χ3n) is 5.71. The van der Waals surface area contributed by atoms with Crippen molar-refractivity contribution in [2.45, 2.75) is 38.6 Å². The average molecular weight is 374 g/mol. The van der Waals surface area contributed by atoms with Crippen molar-refractivity contribution < 1.29 is 18.7 Å². The van der Waals surface area contributed by atoms with E-state index in [2.05, 4.69) is 6.58 Å². The minimum Gasteiger partial charge on any atom is -0.497 e. The first kappa shape index (κ1) is 19.4. The first-order valence-corrected chi connectivity index (χ1v) is 9.49. The summed E-state index contributed by atoms with van der Waals surface area (Å²) in [5.41, 5.74) is -0.0612. The Morgan fingerprint density at radius 1 is 1.37 bits per heavy atom. The summed E-state index contributed by atoms with van der Waals surface area (Å²) in [6.07, 6.45) is 5.16. The van der Waals surface area contributed by atoms with Gasteiger partial charge in [-0.2, -0.15) is 0 Å². The number of likely N-dealkylation sites (tertiary alicyclic amines) is 2. The number of hydrogen-bond donors (Lipinski definition) is 0. The number of rotatable bonds is 6. The van der Waals surface area contributed by atoms with Gasteiger partial charge in [-0.05, 0) is 43.9 Å². The summed E-state index contributed by atoms with van der Waals surface area (Å²) < 4.78 is 19.4. The summed E-state index contributed by atoms with van der Waals surface area (Å²) in [7, 11) is 1.54. The van der Waals surface area contributed by atoms with Crippen molar-refractivity contribution in [2.24, 2.45) is 5.41 Å². The van der Waals surface area contributed by atoms with Gasteiger partial charge in [0, 0.05) is 38.2 Å². The van der Waals surface area contributed by atoms with E-state index in [1.807, 2.05) is 0 Å². The number of amides is 2. The molecule has 27 heavy (non-hydrogen) atoms. The number of methoxy groups -OCH3 is 1. The molecule has 0 saturated carbocycles. The summed E-state index contributed by atoms with van der Waals surface area (Å²) in [5, 5.41) is 0. The van der Waals surface area contributed by atoms with E-state index in [4.69, 9.17) is 4.74 Å². The van der Waals surface area contributed by atoms with Gasteiger partial charge in [0.25, 0.3) is 0 Å². The van der Waals surface area contributed by atoms with Crippen molar-refractivity contribution in [3.05, 3.63) is 42.2 Å². The molecule has 1 atom stereocenters. The van der Waals surface area contributed by atoms with Crippen LogP contribution in [0.15, 0.2) is 30.9 Å². The SMILES string of the molecule is C=CCCC(=O)N1CC[C@]2(CCCN(Cc3cc(OC)ccc3F)C2=O)C1. The van der Waals surface area contributed by atoms with Gasteiger partial charge in [0.1, 0.15) is 11.6 Å². The van der Waals surface area contributed by atoms with Crippen LogP contribution in [-0.2, 0) is 16.1 Å². The van der Waals surface area contributed by atoms with Gasteiger partial charge < -0.3 is 14.5 Å². The Morgan fingerprint density at radius 2 is 2.19 bits per heavy atom. The molecule has 6 heteroatoms. The summed E-state index contributed by atoms with van der Waals surface area (Å²) in [5.74, 6) is 0.354. The van der Waals surface area contributed by atoms with E-state index in [0.717, 1.165) is 12.8 Å². The quantitative estimate of drug-likeness (QED) is 0.719. The van der Waals surface area contributed by atoms with Gasteiger partial charge >= 0.3 is 0 Å². The fourth-order valence-electron chi connectivity index (χ4n) is 4.16. The Hall–Kier alpha value is -2.37. The summed E-state index contributed by atoms with van der Waals surface area (Å²) in [6, 6.07) is 4.58. The summed E-state index contributed by atoms with van der Waals surface area (Å²) in [4.78, 5) is 29.1. The Kier molecular flexibility index (Phi) is 5.82. The van der Waals surface area contributed by atoms with Gasteiger partial charge in [-0.15, -0.1) is 6.58 Å². The highest BCUT2D eigenvalue weighted by molar-refractivity contribution is 5.86. The number of hydrogen-bond acceptors (Lipinski definition) is 3. The van der Waals surface area contributed by atoms with Crippen LogP contribution in [0.2, 0.25) is 0 Å². The molecule has 1 aromatic rings. The number of carbonyl (C=O) groups excluding carboxylic acids is 2. The maximum absolute atomic E-state index is 14.2. The van der Waals surface area contributed by atoms with E-state index in [1.165, 1.54) is 13.2 Å². The van der Waals surface area contributed by atoms with Crippen LogP contribution in [0.4, 0.5) is 4.39 Å². The van der Waals surface area contributed by atoms with Crippen LogP contribution in [0.3, 0.4) is 0 Å². The minimum absolute atomic E-state index is 0.0370. The second-order valence-electron chi connectivity index (χ2n) is 7.46. The van der Waals surface area contributed by atoms with E-state index in [0.29, 0.717) is 50.2 Å². The highest BCUT2D eigenvalue weighted by Gasteiger charge is 2.49. The lowest BCUT2D eigenvalue weighted by atomic mass is 9.78. The van der Waals surface area contributed by atoms with Crippen LogP contribution in [0, 0.1) is 11.2 Å². The molecule has 0 bridgehead atoms. The van der Waals surface area contributed by atoms with Crippen LogP contribution < -0.4 is 4.74 Å². The molecule has 0 unspecified atom stereocenters. The zero-order valence-electron chi connectivity index (χ0n) is 15.9. The molecule has 2 heterocycles. The molecule has 2 aliphatic rings. The smallest absolute Gasteiger partial charge is 0.230 e. The fraction of sp³-hybridized carbons (Fsp3) is 0.524.